The molecule has 0 amide bonds. The minimum absolute atomic E-state index is 0.260. The molecule has 23 heavy (non-hydrogen) atoms. The van der Waals surface area contributed by atoms with Crippen LogP contribution in [0.15, 0.2) is 42.5 Å². The number of nitrogens with one attached hydrogen (secondary N) is 1. The third-order valence-corrected chi connectivity index (χ3v) is 4.28. The molecule has 4 nitrogen and oxygen atoms in total. The lowest BCUT2D eigenvalue weighted by Crippen LogP contribution is -2.27. The number of rotatable bonds is 6. The van der Waals surface area contributed by atoms with E-state index in [0.29, 0.717) is 12.2 Å². The van der Waals surface area contributed by atoms with E-state index in [4.69, 9.17) is 4.74 Å². The predicted molar refractivity (Wildman–Crippen MR) is 93.9 cm³/mol. The van der Waals surface area contributed by atoms with Gasteiger partial charge in [0, 0.05) is 28.4 Å². The van der Waals surface area contributed by atoms with Crippen LogP contribution in [0.4, 0.5) is 0 Å². The van der Waals surface area contributed by atoms with Crippen molar-refractivity contribution in [1.82, 2.24) is 9.88 Å². The second kappa shape index (κ2) is 6.84. The van der Waals surface area contributed by atoms with Gasteiger partial charge in [0.05, 0.1) is 5.56 Å². The van der Waals surface area contributed by atoms with Crippen LogP contribution >= 0.6 is 0 Å². The number of esters is 1. The lowest BCUT2D eigenvalue weighted by molar-refractivity contribution is 0.0466. The molecular weight excluding hydrogens is 288 g/mol. The number of H-pyrrole nitrogens is 1. The van der Waals surface area contributed by atoms with E-state index in [0.717, 1.165) is 41.4 Å². The molecule has 3 aromatic rings. The molecule has 0 aliphatic carbocycles. The number of para-hydroxylation sites is 1. The van der Waals surface area contributed by atoms with Gasteiger partial charge >= 0.3 is 5.97 Å². The molecule has 1 heterocycles. The average molecular weight is 310 g/mol. The molecule has 1 N–H and O–H groups in total. The molecule has 1 aromatic heterocycles. The third-order valence-electron chi connectivity index (χ3n) is 4.28. The van der Waals surface area contributed by atoms with E-state index in [-0.39, 0.29) is 5.97 Å². The van der Waals surface area contributed by atoms with E-state index >= 15 is 0 Å². The largest absolute Gasteiger partial charge is 0.461 e. The standard InChI is InChI=1S/C19H22N2O2/c1-3-21(4-2)11-12-23-19(22)14-9-10-18-16(13-14)15-7-5-6-8-17(15)20-18/h5-10,13,20H,3-4,11-12H2,1-2H3. The van der Waals surface area contributed by atoms with Gasteiger partial charge in [0.1, 0.15) is 6.61 Å². The molecule has 0 spiro atoms. The van der Waals surface area contributed by atoms with Crippen molar-refractivity contribution in [1.29, 1.82) is 0 Å². The van der Waals surface area contributed by atoms with Crippen molar-refractivity contribution < 1.29 is 9.53 Å². The van der Waals surface area contributed by atoms with Crippen LogP contribution in [0.1, 0.15) is 24.2 Å². The monoisotopic (exact) mass is 310 g/mol. The summed E-state index contributed by atoms with van der Waals surface area (Å²) in [5, 5.41) is 2.18. The van der Waals surface area contributed by atoms with Crippen molar-refractivity contribution in [2.75, 3.05) is 26.2 Å². The number of nitrogens with zero attached hydrogens (tertiary/aromatic N) is 1. The molecule has 0 unspecified atom stereocenters. The lowest BCUT2D eigenvalue weighted by Gasteiger charge is -2.17. The van der Waals surface area contributed by atoms with Crippen molar-refractivity contribution >= 4 is 27.8 Å². The van der Waals surface area contributed by atoms with E-state index in [2.05, 4.69) is 29.8 Å². The highest BCUT2D eigenvalue weighted by Crippen LogP contribution is 2.26. The molecule has 0 saturated carbocycles. The maximum Gasteiger partial charge on any atom is 0.338 e. The first-order valence-corrected chi connectivity index (χ1v) is 8.13. The minimum atomic E-state index is -0.260. The zero-order valence-electron chi connectivity index (χ0n) is 13.6. The number of hydrogen-bond acceptors (Lipinski definition) is 3. The Bertz CT molecular complexity index is 818. The van der Waals surface area contributed by atoms with Crippen LogP contribution in [-0.2, 0) is 4.74 Å². The van der Waals surface area contributed by atoms with E-state index in [1.807, 2.05) is 36.4 Å². The topological polar surface area (TPSA) is 45.3 Å². The molecule has 0 bridgehead atoms. The fourth-order valence-corrected chi connectivity index (χ4v) is 2.87. The second-order valence-electron chi connectivity index (χ2n) is 5.59. The molecule has 0 aliphatic heterocycles. The van der Waals surface area contributed by atoms with E-state index in [1.165, 1.54) is 0 Å². The number of benzene rings is 2. The summed E-state index contributed by atoms with van der Waals surface area (Å²) in [6.07, 6.45) is 0. The Morgan fingerprint density at radius 3 is 2.57 bits per heavy atom. The first-order valence-electron chi connectivity index (χ1n) is 8.13. The van der Waals surface area contributed by atoms with Crippen LogP contribution in [0.5, 0.6) is 0 Å². The van der Waals surface area contributed by atoms with Gasteiger partial charge in [-0.05, 0) is 37.4 Å². The Kier molecular flexibility index (Phi) is 4.63. The van der Waals surface area contributed by atoms with Gasteiger partial charge in [0.25, 0.3) is 0 Å². The number of aromatic amines is 1. The molecule has 120 valence electrons. The molecule has 4 heteroatoms. The van der Waals surface area contributed by atoms with Gasteiger partial charge in [-0.25, -0.2) is 4.79 Å². The Hall–Kier alpha value is -2.33. The van der Waals surface area contributed by atoms with Crippen LogP contribution in [0.2, 0.25) is 0 Å². The summed E-state index contributed by atoms with van der Waals surface area (Å²) in [6.45, 7) is 7.34. The molecule has 3 rings (SSSR count). The summed E-state index contributed by atoms with van der Waals surface area (Å²) < 4.78 is 5.41. The summed E-state index contributed by atoms with van der Waals surface area (Å²) in [7, 11) is 0. The molecule has 0 saturated heterocycles. The van der Waals surface area contributed by atoms with Crippen molar-refractivity contribution in [3.05, 3.63) is 48.0 Å². The van der Waals surface area contributed by atoms with Crippen LogP contribution in [0.25, 0.3) is 21.8 Å². The quantitative estimate of drug-likeness (QED) is 0.704. The Balaban J connectivity index is 1.77. The normalized spacial score (nSPS) is 11.4. The van der Waals surface area contributed by atoms with Gasteiger partial charge in [-0.2, -0.15) is 0 Å². The average Bonchev–Trinajstić information content (AvgIpc) is 2.96. The van der Waals surface area contributed by atoms with Crippen LogP contribution < -0.4 is 0 Å². The number of fused-ring (bicyclic) bond motifs is 3. The smallest absolute Gasteiger partial charge is 0.338 e. The fourth-order valence-electron chi connectivity index (χ4n) is 2.87. The molecule has 0 radical (unpaired) electrons. The summed E-state index contributed by atoms with van der Waals surface area (Å²) >= 11 is 0. The highest BCUT2D eigenvalue weighted by atomic mass is 16.5. The van der Waals surface area contributed by atoms with Crippen molar-refractivity contribution in [2.24, 2.45) is 0 Å². The van der Waals surface area contributed by atoms with Crippen LogP contribution in [0.3, 0.4) is 0 Å². The zero-order chi connectivity index (χ0) is 16.2. The first-order chi connectivity index (χ1) is 11.2. The molecule has 0 atom stereocenters. The Morgan fingerprint density at radius 1 is 1.04 bits per heavy atom. The van der Waals surface area contributed by atoms with Crippen LogP contribution in [0, 0.1) is 0 Å². The number of carbonyl (C=O) groups excluding carboxylic acids is 1. The Labute approximate surface area is 136 Å². The molecular formula is C19H22N2O2. The summed E-state index contributed by atoms with van der Waals surface area (Å²) in [5.74, 6) is -0.260. The molecule has 0 fully saturated rings. The maximum atomic E-state index is 12.3. The van der Waals surface area contributed by atoms with E-state index in [9.17, 15) is 4.79 Å². The number of carbonyl (C=O) groups is 1. The number of aromatic nitrogens is 1. The first kappa shape index (κ1) is 15.6. The number of ether oxygens (including phenoxy) is 1. The predicted octanol–water partition coefficient (Wildman–Crippen LogP) is 3.82. The van der Waals surface area contributed by atoms with Gasteiger partial charge in [0.2, 0.25) is 0 Å². The maximum absolute atomic E-state index is 12.3. The van der Waals surface area contributed by atoms with Gasteiger partial charge in [0.15, 0.2) is 0 Å². The molecule has 0 aliphatic rings. The molecule has 2 aromatic carbocycles. The van der Waals surface area contributed by atoms with Crippen molar-refractivity contribution in [3.63, 3.8) is 0 Å². The summed E-state index contributed by atoms with van der Waals surface area (Å²) in [4.78, 5) is 17.8. The van der Waals surface area contributed by atoms with Gasteiger partial charge < -0.3 is 14.6 Å². The van der Waals surface area contributed by atoms with Crippen LogP contribution in [-0.4, -0.2) is 42.1 Å². The SMILES string of the molecule is CCN(CC)CCOC(=O)c1ccc2[nH]c3ccccc3c2c1. The summed E-state index contributed by atoms with van der Waals surface area (Å²) in [5.41, 5.74) is 2.71. The minimum Gasteiger partial charge on any atom is -0.461 e. The fraction of sp³-hybridized carbons (Fsp3) is 0.316. The van der Waals surface area contributed by atoms with E-state index < -0.39 is 0 Å². The highest BCUT2D eigenvalue weighted by molar-refractivity contribution is 6.09. The zero-order valence-corrected chi connectivity index (χ0v) is 13.6. The van der Waals surface area contributed by atoms with Crippen molar-refractivity contribution in [2.45, 2.75) is 13.8 Å². The van der Waals surface area contributed by atoms with Gasteiger partial charge in [-0.1, -0.05) is 32.0 Å². The number of likely N-dealkylation sites (N-methyl/N-ethyl adjacent to an activating group) is 1. The third kappa shape index (κ3) is 3.22. The number of hydrogen-bond donors (Lipinski definition) is 1. The highest BCUT2D eigenvalue weighted by Gasteiger charge is 2.11. The summed E-state index contributed by atoms with van der Waals surface area (Å²) in [6, 6.07) is 13.8. The lowest BCUT2D eigenvalue weighted by atomic mass is 10.1. The van der Waals surface area contributed by atoms with Gasteiger partial charge in [-0.3, -0.25) is 0 Å². The Morgan fingerprint density at radius 2 is 1.78 bits per heavy atom. The van der Waals surface area contributed by atoms with E-state index in [1.54, 1.807) is 0 Å². The second-order valence-corrected chi connectivity index (χ2v) is 5.59. The van der Waals surface area contributed by atoms with Crippen molar-refractivity contribution in [3.8, 4) is 0 Å². The van der Waals surface area contributed by atoms with Gasteiger partial charge in [-0.15, -0.1) is 0 Å².